The molecule has 0 aliphatic carbocycles. The molecule has 2 amide bonds. The van der Waals surface area contributed by atoms with Crippen LogP contribution in [0, 0.1) is 13.8 Å². The Morgan fingerprint density at radius 1 is 1.28 bits per heavy atom. The third-order valence-electron chi connectivity index (χ3n) is 3.23. The molecule has 1 N–H and O–H groups in total. The van der Waals surface area contributed by atoms with E-state index < -0.39 is 6.04 Å². The first-order chi connectivity index (χ1) is 8.49. The highest BCUT2D eigenvalue weighted by molar-refractivity contribution is 6.01. The van der Waals surface area contributed by atoms with Gasteiger partial charge in [0, 0.05) is 18.7 Å². The monoisotopic (exact) mass is 246 g/mol. The van der Waals surface area contributed by atoms with Crippen LogP contribution in [0.15, 0.2) is 18.2 Å². The van der Waals surface area contributed by atoms with Crippen LogP contribution in [0.2, 0.25) is 0 Å². The first-order valence-corrected chi connectivity index (χ1v) is 6.17. The van der Waals surface area contributed by atoms with Crippen LogP contribution < -0.4 is 10.2 Å². The van der Waals surface area contributed by atoms with E-state index >= 15 is 0 Å². The number of benzene rings is 1. The molecule has 18 heavy (non-hydrogen) atoms. The van der Waals surface area contributed by atoms with Gasteiger partial charge in [0.05, 0.1) is 0 Å². The summed E-state index contributed by atoms with van der Waals surface area (Å²) >= 11 is 0. The number of rotatable bonds is 1. The highest BCUT2D eigenvalue weighted by atomic mass is 16.2. The Kier molecular flexibility index (Phi) is 3.36. The summed E-state index contributed by atoms with van der Waals surface area (Å²) < 4.78 is 0. The van der Waals surface area contributed by atoms with Crippen LogP contribution in [0.1, 0.15) is 24.5 Å². The lowest BCUT2D eigenvalue weighted by Gasteiger charge is -2.24. The standard InChI is InChI=1S/C14H18N2O2/c1-9-4-5-10(2)12(8-9)16-7-6-13(17)15-11(3)14(16)18/h4-5,8,11H,6-7H2,1-3H3,(H,15,17). The van der Waals surface area contributed by atoms with Crippen LogP contribution in [-0.2, 0) is 9.59 Å². The lowest BCUT2D eigenvalue weighted by Crippen LogP contribution is -2.43. The van der Waals surface area contributed by atoms with Crippen molar-refractivity contribution in [1.29, 1.82) is 0 Å². The number of carbonyl (C=O) groups excluding carboxylic acids is 2. The van der Waals surface area contributed by atoms with Gasteiger partial charge in [-0.3, -0.25) is 9.59 Å². The Morgan fingerprint density at radius 3 is 2.72 bits per heavy atom. The van der Waals surface area contributed by atoms with E-state index in [1.165, 1.54) is 0 Å². The summed E-state index contributed by atoms with van der Waals surface area (Å²) in [5.41, 5.74) is 3.07. The molecule has 1 aliphatic heterocycles. The van der Waals surface area contributed by atoms with Gasteiger partial charge in [-0.15, -0.1) is 0 Å². The highest BCUT2D eigenvalue weighted by Crippen LogP contribution is 2.23. The highest BCUT2D eigenvalue weighted by Gasteiger charge is 2.28. The fourth-order valence-corrected chi connectivity index (χ4v) is 2.18. The van der Waals surface area contributed by atoms with Crippen molar-refractivity contribution >= 4 is 17.5 Å². The molecule has 1 aromatic rings. The van der Waals surface area contributed by atoms with Crippen LogP contribution in [0.25, 0.3) is 0 Å². The van der Waals surface area contributed by atoms with Crippen molar-refractivity contribution in [2.45, 2.75) is 33.2 Å². The molecule has 4 nitrogen and oxygen atoms in total. The molecule has 1 heterocycles. The fraction of sp³-hybridized carbons (Fsp3) is 0.429. The predicted octanol–water partition coefficient (Wildman–Crippen LogP) is 1.54. The van der Waals surface area contributed by atoms with E-state index in [-0.39, 0.29) is 11.8 Å². The van der Waals surface area contributed by atoms with Gasteiger partial charge in [0.2, 0.25) is 11.8 Å². The summed E-state index contributed by atoms with van der Waals surface area (Å²) in [6.07, 6.45) is 0.351. The number of hydrogen-bond donors (Lipinski definition) is 1. The summed E-state index contributed by atoms with van der Waals surface area (Å²) in [5, 5.41) is 2.70. The first kappa shape index (κ1) is 12.6. The minimum absolute atomic E-state index is 0.0467. The molecule has 1 saturated heterocycles. The van der Waals surface area contributed by atoms with E-state index in [1.807, 2.05) is 32.0 Å². The van der Waals surface area contributed by atoms with Crippen LogP contribution in [0.4, 0.5) is 5.69 Å². The maximum Gasteiger partial charge on any atom is 0.249 e. The van der Waals surface area contributed by atoms with Gasteiger partial charge >= 0.3 is 0 Å². The van der Waals surface area contributed by atoms with Gasteiger partial charge in [0.15, 0.2) is 0 Å². The molecule has 1 fully saturated rings. The second-order valence-corrected chi connectivity index (χ2v) is 4.82. The third-order valence-corrected chi connectivity index (χ3v) is 3.23. The normalized spacial score (nSPS) is 20.6. The van der Waals surface area contributed by atoms with E-state index in [9.17, 15) is 9.59 Å². The summed E-state index contributed by atoms with van der Waals surface area (Å²) in [7, 11) is 0. The molecule has 0 spiro atoms. The zero-order valence-electron chi connectivity index (χ0n) is 11.0. The first-order valence-electron chi connectivity index (χ1n) is 6.17. The van der Waals surface area contributed by atoms with Crippen molar-refractivity contribution in [2.75, 3.05) is 11.4 Å². The number of hydrogen-bond acceptors (Lipinski definition) is 2. The molecule has 2 rings (SSSR count). The number of nitrogens with zero attached hydrogens (tertiary/aromatic N) is 1. The van der Waals surface area contributed by atoms with E-state index in [0.717, 1.165) is 16.8 Å². The van der Waals surface area contributed by atoms with Gasteiger partial charge in [0.1, 0.15) is 6.04 Å². The van der Waals surface area contributed by atoms with Crippen LogP contribution >= 0.6 is 0 Å². The third kappa shape index (κ3) is 2.37. The van der Waals surface area contributed by atoms with E-state index in [0.29, 0.717) is 13.0 Å². The number of aryl methyl sites for hydroxylation is 2. The summed E-state index contributed by atoms with van der Waals surface area (Å²) in [6, 6.07) is 5.56. The molecule has 0 radical (unpaired) electrons. The number of carbonyl (C=O) groups is 2. The van der Waals surface area contributed by atoms with Gasteiger partial charge in [-0.1, -0.05) is 12.1 Å². The molecule has 1 atom stereocenters. The summed E-state index contributed by atoms with van der Waals surface area (Å²) in [6.45, 7) is 6.15. The van der Waals surface area contributed by atoms with Crippen LogP contribution in [-0.4, -0.2) is 24.4 Å². The van der Waals surface area contributed by atoms with Crippen molar-refractivity contribution in [3.05, 3.63) is 29.3 Å². The lowest BCUT2D eigenvalue weighted by molar-refractivity contribution is -0.125. The predicted molar refractivity (Wildman–Crippen MR) is 70.5 cm³/mol. The fourth-order valence-electron chi connectivity index (χ4n) is 2.18. The molecule has 4 heteroatoms. The Labute approximate surface area is 107 Å². The Bertz CT molecular complexity index is 497. The average molecular weight is 246 g/mol. The number of nitrogens with one attached hydrogen (secondary N) is 1. The molecular formula is C14H18N2O2. The molecule has 96 valence electrons. The van der Waals surface area contributed by atoms with Gasteiger partial charge in [0.25, 0.3) is 0 Å². The molecule has 1 aromatic carbocycles. The molecule has 1 unspecified atom stereocenters. The maximum atomic E-state index is 12.3. The maximum absolute atomic E-state index is 12.3. The van der Waals surface area contributed by atoms with Crippen molar-refractivity contribution in [3.63, 3.8) is 0 Å². The summed E-state index contributed by atoms with van der Waals surface area (Å²) in [4.78, 5) is 25.5. The molecule has 0 bridgehead atoms. The van der Waals surface area contributed by atoms with Crippen LogP contribution in [0.3, 0.4) is 0 Å². The van der Waals surface area contributed by atoms with Crippen molar-refractivity contribution in [2.24, 2.45) is 0 Å². The Hall–Kier alpha value is -1.84. The smallest absolute Gasteiger partial charge is 0.249 e. The van der Waals surface area contributed by atoms with E-state index in [1.54, 1.807) is 11.8 Å². The van der Waals surface area contributed by atoms with Crippen molar-refractivity contribution in [3.8, 4) is 0 Å². The average Bonchev–Trinajstić information content (AvgIpc) is 2.44. The Balaban J connectivity index is 2.38. The van der Waals surface area contributed by atoms with Gasteiger partial charge in [-0.25, -0.2) is 0 Å². The quantitative estimate of drug-likeness (QED) is 0.817. The number of amides is 2. The minimum atomic E-state index is -0.458. The zero-order valence-corrected chi connectivity index (χ0v) is 11.0. The zero-order chi connectivity index (χ0) is 13.3. The van der Waals surface area contributed by atoms with Gasteiger partial charge < -0.3 is 10.2 Å². The van der Waals surface area contributed by atoms with Gasteiger partial charge in [-0.05, 0) is 38.0 Å². The van der Waals surface area contributed by atoms with Crippen LogP contribution in [0.5, 0.6) is 0 Å². The SMILES string of the molecule is Cc1ccc(C)c(N2CCC(=O)NC(C)C2=O)c1. The second kappa shape index (κ2) is 4.80. The molecular weight excluding hydrogens is 228 g/mol. The van der Waals surface area contributed by atoms with Crippen molar-refractivity contribution < 1.29 is 9.59 Å². The second-order valence-electron chi connectivity index (χ2n) is 4.82. The minimum Gasteiger partial charge on any atom is -0.345 e. The molecule has 0 saturated carbocycles. The van der Waals surface area contributed by atoms with Gasteiger partial charge in [-0.2, -0.15) is 0 Å². The largest absolute Gasteiger partial charge is 0.345 e. The van der Waals surface area contributed by atoms with E-state index in [2.05, 4.69) is 5.32 Å². The topological polar surface area (TPSA) is 49.4 Å². The molecule has 0 aromatic heterocycles. The Morgan fingerprint density at radius 2 is 2.00 bits per heavy atom. The van der Waals surface area contributed by atoms with E-state index in [4.69, 9.17) is 0 Å². The lowest BCUT2D eigenvalue weighted by atomic mass is 10.1. The van der Waals surface area contributed by atoms with Crippen molar-refractivity contribution in [1.82, 2.24) is 5.32 Å². The molecule has 1 aliphatic rings. The summed E-state index contributed by atoms with van der Waals surface area (Å²) in [5.74, 6) is -0.113. The number of anilines is 1.